The van der Waals surface area contributed by atoms with E-state index in [0.717, 1.165) is 6.42 Å². The van der Waals surface area contributed by atoms with Gasteiger partial charge in [-0.25, -0.2) is 18.1 Å². The monoisotopic (exact) mass is 303 g/mol. The van der Waals surface area contributed by atoms with Gasteiger partial charge in [-0.2, -0.15) is 0 Å². The zero-order chi connectivity index (χ0) is 15.3. The maximum atomic E-state index is 12.1. The Labute approximate surface area is 119 Å². The Morgan fingerprint density at radius 2 is 2.20 bits per heavy atom. The third kappa shape index (κ3) is 4.61. The van der Waals surface area contributed by atoms with Gasteiger partial charge in [0.15, 0.2) is 5.03 Å². The number of aliphatic carboxylic acids is 1. The summed E-state index contributed by atoms with van der Waals surface area (Å²) in [5, 5.41) is 8.61. The van der Waals surface area contributed by atoms with Crippen LogP contribution in [0.2, 0.25) is 0 Å². The topological polar surface area (TPSA) is 101 Å². The zero-order valence-corrected chi connectivity index (χ0v) is 12.8. The highest BCUT2D eigenvalue weighted by Gasteiger charge is 2.20. The van der Waals surface area contributed by atoms with Gasteiger partial charge in [-0.3, -0.25) is 4.79 Å². The van der Waals surface area contributed by atoms with Crippen LogP contribution in [-0.4, -0.2) is 35.6 Å². The average Bonchev–Trinajstić information content (AvgIpc) is 2.69. The van der Waals surface area contributed by atoms with Crippen molar-refractivity contribution in [2.75, 3.05) is 6.54 Å². The van der Waals surface area contributed by atoms with Crippen molar-refractivity contribution in [1.29, 1.82) is 0 Å². The summed E-state index contributed by atoms with van der Waals surface area (Å²) in [5.74, 6) is -0.577. The fourth-order valence-corrected chi connectivity index (χ4v) is 2.94. The van der Waals surface area contributed by atoms with E-state index in [0.29, 0.717) is 12.4 Å². The highest BCUT2D eigenvalue weighted by molar-refractivity contribution is 7.89. The first-order chi connectivity index (χ1) is 9.26. The van der Waals surface area contributed by atoms with Gasteiger partial charge in [0.1, 0.15) is 5.82 Å². The number of aryl methyl sites for hydroxylation is 2. The van der Waals surface area contributed by atoms with Crippen molar-refractivity contribution >= 4 is 16.0 Å². The highest BCUT2D eigenvalue weighted by Crippen LogP contribution is 2.10. The Morgan fingerprint density at radius 3 is 2.75 bits per heavy atom. The molecule has 1 aromatic rings. The number of sulfonamides is 1. The van der Waals surface area contributed by atoms with Crippen LogP contribution in [0.4, 0.5) is 0 Å². The van der Waals surface area contributed by atoms with Gasteiger partial charge in [0.2, 0.25) is 0 Å². The van der Waals surface area contributed by atoms with Crippen LogP contribution in [0.5, 0.6) is 0 Å². The van der Waals surface area contributed by atoms with Crippen LogP contribution < -0.4 is 4.72 Å². The highest BCUT2D eigenvalue weighted by atomic mass is 32.2. The summed E-state index contributed by atoms with van der Waals surface area (Å²) < 4.78 is 28.3. The minimum absolute atomic E-state index is 0.0222. The van der Waals surface area contributed by atoms with Crippen molar-refractivity contribution in [2.24, 2.45) is 5.92 Å². The van der Waals surface area contributed by atoms with Crippen LogP contribution in [0, 0.1) is 12.8 Å². The van der Waals surface area contributed by atoms with Crippen LogP contribution in [-0.2, 0) is 21.4 Å². The van der Waals surface area contributed by atoms with Crippen molar-refractivity contribution in [3.05, 3.63) is 12.0 Å². The van der Waals surface area contributed by atoms with E-state index in [2.05, 4.69) is 9.71 Å². The lowest BCUT2D eigenvalue weighted by Crippen LogP contribution is -2.29. The summed E-state index contributed by atoms with van der Waals surface area (Å²) >= 11 is 0. The fraction of sp³-hybridized carbons (Fsp3) is 0.667. The Morgan fingerprint density at radius 1 is 1.55 bits per heavy atom. The molecule has 0 bridgehead atoms. The quantitative estimate of drug-likeness (QED) is 0.745. The molecule has 1 aromatic heterocycles. The van der Waals surface area contributed by atoms with Crippen molar-refractivity contribution in [3.63, 3.8) is 0 Å². The molecule has 0 aliphatic heterocycles. The lowest BCUT2D eigenvalue weighted by molar-refractivity contribution is -0.137. The molecule has 0 radical (unpaired) electrons. The first-order valence-electron chi connectivity index (χ1n) is 6.51. The van der Waals surface area contributed by atoms with Gasteiger partial charge in [0.05, 0.1) is 0 Å². The molecule has 0 fully saturated rings. The normalized spacial score (nSPS) is 13.3. The molecule has 0 aromatic carbocycles. The van der Waals surface area contributed by atoms with E-state index >= 15 is 0 Å². The molecule has 0 aliphatic carbocycles. The third-order valence-electron chi connectivity index (χ3n) is 2.84. The summed E-state index contributed by atoms with van der Waals surface area (Å²) in [6.45, 7) is 6.22. The van der Waals surface area contributed by atoms with Crippen molar-refractivity contribution < 1.29 is 18.3 Å². The molecule has 0 amide bonds. The van der Waals surface area contributed by atoms with Crippen LogP contribution in [0.15, 0.2) is 11.2 Å². The molecule has 2 N–H and O–H groups in total. The van der Waals surface area contributed by atoms with Crippen molar-refractivity contribution in [1.82, 2.24) is 14.3 Å². The molecule has 0 saturated heterocycles. The third-order valence-corrected chi connectivity index (χ3v) is 4.13. The molecule has 8 heteroatoms. The van der Waals surface area contributed by atoms with E-state index in [9.17, 15) is 13.2 Å². The first-order valence-corrected chi connectivity index (χ1v) is 7.99. The molecule has 1 atom stereocenters. The SMILES string of the molecule is CCCn1cc(S(=O)(=O)NCC(C)CC(=O)O)nc1C. The van der Waals surface area contributed by atoms with Gasteiger partial charge in [-0.05, 0) is 19.3 Å². The van der Waals surface area contributed by atoms with Gasteiger partial charge in [-0.1, -0.05) is 13.8 Å². The van der Waals surface area contributed by atoms with Gasteiger partial charge >= 0.3 is 5.97 Å². The Balaban J connectivity index is 2.73. The Kier molecular flexibility index (Phi) is 5.70. The number of imidazole rings is 1. The lowest BCUT2D eigenvalue weighted by atomic mass is 10.1. The maximum Gasteiger partial charge on any atom is 0.303 e. The number of hydrogen-bond acceptors (Lipinski definition) is 4. The maximum absolute atomic E-state index is 12.1. The number of hydrogen-bond donors (Lipinski definition) is 2. The van der Waals surface area contributed by atoms with Crippen molar-refractivity contribution in [3.8, 4) is 0 Å². The van der Waals surface area contributed by atoms with Gasteiger partial charge in [0, 0.05) is 25.7 Å². The number of rotatable bonds is 8. The second-order valence-corrected chi connectivity index (χ2v) is 6.59. The van der Waals surface area contributed by atoms with E-state index in [-0.39, 0.29) is 23.9 Å². The van der Waals surface area contributed by atoms with Crippen LogP contribution in [0.25, 0.3) is 0 Å². The largest absolute Gasteiger partial charge is 0.481 e. The second kappa shape index (κ2) is 6.85. The second-order valence-electron chi connectivity index (χ2n) is 4.87. The fourth-order valence-electron chi connectivity index (χ4n) is 1.77. The summed E-state index contributed by atoms with van der Waals surface area (Å²) in [6, 6.07) is 0. The van der Waals surface area contributed by atoms with Crippen molar-refractivity contribution in [2.45, 2.75) is 45.2 Å². The smallest absolute Gasteiger partial charge is 0.303 e. The molecular formula is C12H21N3O4S. The standard InChI is InChI=1S/C12H21N3O4S/c1-4-5-15-8-11(14-10(15)3)20(18,19)13-7-9(2)6-12(16)17/h8-9,13H,4-7H2,1-3H3,(H,16,17). The Hall–Kier alpha value is -1.41. The molecule has 0 aliphatic rings. The first kappa shape index (κ1) is 16.6. The summed E-state index contributed by atoms with van der Waals surface area (Å²) in [7, 11) is -3.69. The molecule has 0 spiro atoms. The van der Waals surface area contributed by atoms with E-state index in [4.69, 9.17) is 5.11 Å². The minimum Gasteiger partial charge on any atom is -0.481 e. The predicted molar refractivity (Wildman–Crippen MR) is 73.9 cm³/mol. The number of nitrogens with zero attached hydrogens (tertiary/aromatic N) is 2. The summed E-state index contributed by atoms with van der Waals surface area (Å²) in [6.07, 6.45) is 2.31. The van der Waals surface area contributed by atoms with Gasteiger partial charge in [-0.15, -0.1) is 0 Å². The number of carboxylic acids is 1. The minimum atomic E-state index is -3.69. The molecule has 0 saturated carbocycles. The molecule has 1 heterocycles. The lowest BCUT2D eigenvalue weighted by Gasteiger charge is -2.09. The molecule has 20 heavy (non-hydrogen) atoms. The van der Waals surface area contributed by atoms with Crippen LogP contribution >= 0.6 is 0 Å². The van der Waals surface area contributed by atoms with E-state index in [1.165, 1.54) is 6.20 Å². The Bertz CT molecular complexity index is 565. The van der Waals surface area contributed by atoms with Crippen LogP contribution in [0.3, 0.4) is 0 Å². The summed E-state index contributed by atoms with van der Waals surface area (Å²) in [4.78, 5) is 14.6. The number of carbonyl (C=O) groups is 1. The molecule has 1 unspecified atom stereocenters. The predicted octanol–water partition coefficient (Wildman–Crippen LogP) is 0.991. The van der Waals surface area contributed by atoms with Gasteiger partial charge in [0.25, 0.3) is 10.0 Å². The number of nitrogens with one attached hydrogen (secondary N) is 1. The van der Waals surface area contributed by atoms with E-state index < -0.39 is 16.0 Å². The number of carboxylic acid groups (broad SMARTS) is 1. The number of aromatic nitrogens is 2. The average molecular weight is 303 g/mol. The molecule has 1 rings (SSSR count). The molecule has 114 valence electrons. The van der Waals surface area contributed by atoms with Gasteiger partial charge < -0.3 is 9.67 Å². The summed E-state index contributed by atoms with van der Waals surface area (Å²) in [5.41, 5.74) is 0. The molecular weight excluding hydrogens is 282 g/mol. The zero-order valence-electron chi connectivity index (χ0n) is 12.0. The van der Waals surface area contributed by atoms with E-state index in [1.807, 2.05) is 6.92 Å². The van der Waals surface area contributed by atoms with Crippen LogP contribution in [0.1, 0.15) is 32.5 Å². The molecule has 7 nitrogen and oxygen atoms in total. The van der Waals surface area contributed by atoms with E-state index in [1.54, 1.807) is 18.4 Å².